The van der Waals surface area contributed by atoms with Gasteiger partial charge in [0.2, 0.25) is 5.91 Å². The SMILES string of the molecule is O=C(CCn1c(=O)oc2ccccc21)NC(CCO)C1CC1. The number of amides is 1. The molecule has 2 N–H and O–H groups in total. The fraction of sp³-hybridized carbons (Fsp3) is 0.500. The van der Waals surface area contributed by atoms with E-state index in [2.05, 4.69) is 5.32 Å². The van der Waals surface area contributed by atoms with Crippen molar-refractivity contribution >= 4 is 17.0 Å². The molecule has 1 amide bonds. The normalized spacial score (nSPS) is 15.9. The molecule has 0 radical (unpaired) electrons. The molecule has 1 fully saturated rings. The van der Waals surface area contributed by atoms with E-state index in [1.54, 1.807) is 18.2 Å². The van der Waals surface area contributed by atoms with Crippen LogP contribution >= 0.6 is 0 Å². The minimum atomic E-state index is -0.442. The van der Waals surface area contributed by atoms with Crippen molar-refractivity contribution in [2.24, 2.45) is 5.92 Å². The molecule has 0 aliphatic heterocycles. The third kappa shape index (κ3) is 3.22. The van der Waals surface area contributed by atoms with E-state index < -0.39 is 5.76 Å². The second kappa shape index (κ2) is 6.36. The molecule has 0 bridgehead atoms. The molecular formula is C16H20N2O4. The highest BCUT2D eigenvalue weighted by atomic mass is 16.4. The molecule has 1 saturated carbocycles. The van der Waals surface area contributed by atoms with Crippen molar-refractivity contribution in [3.05, 3.63) is 34.8 Å². The molecule has 1 atom stereocenters. The van der Waals surface area contributed by atoms with Crippen LogP contribution in [0, 0.1) is 5.92 Å². The standard InChI is InChI=1S/C16H20N2O4/c19-10-8-12(11-5-6-11)17-15(20)7-9-18-13-3-1-2-4-14(13)22-16(18)21/h1-4,11-12,19H,5-10H2,(H,17,20). The lowest BCUT2D eigenvalue weighted by molar-refractivity contribution is -0.122. The summed E-state index contributed by atoms with van der Waals surface area (Å²) < 4.78 is 6.62. The second-order valence-electron chi connectivity index (χ2n) is 5.76. The van der Waals surface area contributed by atoms with Gasteiger partial charge in [-0.3, -0.25) is 9.36 Å². The Labute approximate surface area is 127 Å². The van der Waals surface area contributed by atoms with E-state index in [0.29, 0.717) is 23.4 Å². The van der Waals surface area contributed by atoms with Gasteiger partial charge in [-0.15, -0.1) is 0 Å². The van der Waals surface area contributed by atoms with E-state index in [4.69, 9.17) is 9.52 Å². The number of benzene rings is 1. The van der Waals surface area contributed by atoms with Crippen molar-refractivity contribution in [1.82, 2.24) is 9.88 Å². The van der Waals surface area contributed by atoms with Gasteiger partial charge < -0.3 is 14.8 Å². The van der Waals surface area contributed by atoms with Crippen LogP contribution in [0.2, 0.25) is 0 Å². The van der Waals surface area contributed by atoms with Gasteiger partial charge in [-0.25, -0.2) is 4.79 Å². The Morgan fingerprint density at radius 1 is 1.41 bits per heavy atom. The van der Waals surface area contributed by atoms with Crippen molar-refractivity contribution in [2.45, 2.75) is 38.3 Å². The van der Waals surface area contributed by atoms with Gasteiger partial charge in [0.1, 0.15) is 0 Å². The maximum Gasteiger partial charge on any atom is 0.419 e. The van der Waals surface area contributed by atoms with Gasteiger partial charge >= 0.3 is 5.76 Å². The van der Waals surface area contributed by atoms with E-state index in [1.807, 2.05) is 6.07 Å². The van der Waals surface area contributed by atoms with Crippen LogP contribution in [-0.4, -0.2) is 28.2 Å². The number of rotatable bonds is 7. The number of fused-ring (bicyclic) bond motifs is 1. The van der Waals surface area contributed by atoms with Crippen LogP contribution < -0.4 is 11.1 Å². The zero-order chi connectivity index (χ0) is 15.5. The Morgan fingerprint density at radius 3 is 2.91 bits per heavy atom. The van der Waals surface area contributed by atoms with Crippen molar-refractivity contribution in [3.63, 3.8) is 0 Å². The fourth-order valence-electron chi connectivity index (χ4n) is 2.78. The number of hydrogen-bond donors (Lipinski definition) is 2. The van der Waals surface area contributed by atoms with Gasteiger partial charge in [0.05, 0.1) is 5.52 Å². The highest BCUT2D eigenvalue weighted by molar-refractivity contribution is 5.77. The second-order valence-corrected chi connectivity index (χ2v) is 5.76. The third-order valence-electron chi connectivity index (χ3n) is 4.11. The Morgan fingerprint density at radius 2 is 2.18 bits per heavy atom. The van der Waals surface area contributed by atoms with Crippen LogP contribution in [-0.2, 0) is 11.3 Å². The van der Waals surface area contributed by atoms with Gasteiger partial charge in [-0.05, 0) is 37.3 Å². The van der Waals surface area contributed by atoms with Gasteiger partial charge in [-0.1, -0.05) is 12.1 Å². The molecule has 1 unspecified atom stereocenters. The summed E-state index contributed by atoms with van der Waals surface area (Å²) in [7, 11) is 0. The molecule has 118 valence electrons. The first-order valence-electron chi connectivity index (χ1n) is 7.67. The number of carbonyl (C=O) groups excluding carboxylic acids is 1. The zero-order valence-electron chi connectivity index (χ0n) is 12.3. The molecule has 1 aromatic heterocycles. The Balaban J connectivity index is 1.62. The highest BCUT2D eigenvalue weighted by Gasteiger charge is 2.31. The summed E-state index contributed by atoms with van der Waals surface area (Å²) in [4.78, 5) is 23.9. The molecule has 0 spiro atoms. The van der Waals surface area contributed by atoms with Crippen LogP contribution in [0.5, 0.6) is 0 Å². The first-order chi connectivity index (χ1) is 10.7. The Hall–Kier alpha value is -2.08. The topological polar surface area (TPSA) is 84.5 Å². The van der Waals surface area contributed by atoms with Crippen molar-refractivity contribution in [2.75, 3.05) is 6.61 Å². The molecule has 1 aliphatic rings. The van der Waals surface area contributed by atoms with Crippen LogP contribution in [0.1, 0.15) is 25.7 Å². The summed E-state index contributed by atoms with van der Waals surface area (Å²) in [6.07, 6.45) is 3.02. The Bertz CT molecular complexity index is 714. The van der Waals surface area contributed by atoms with Crippen LogP contribution in [0.15, 0.2) is 33.5 Å². The van der Waals surface area contributed by atoms with E-state index in [1.165, 1.54) is 4.57 Å². The summed E-state index contributed by atoms with van der Waals surface area (Å²) >= 11 is 0. The van der Waals surface area contributed by atoms with E-state index >= 15 is 0 Å². The minimum Gasteiger partial charge on any atom is -0.408 e. The average Bonchev–Trinajstić information content (AvgIpc) is 3.29. The van der Waals surface area contributed by atoms with Crippen molar-refractivity contribution in [1.29, 1.82) is 0 Å². The zero-order valence-corrected chi connectivity index (χ0v) is 12.3. The van der Waals surface area contributed by atoms with Crippen LogP contribution in [0.3, 0.4) is 0 Å². The van der Waals surface area contributed by atoms with Crippen molar-refractivity contribution < 1.29 is 14.3 Å². The monoisotopic (exact) mass is 304 g/mol. The molecule has 6 nitrogen and oxygen atoms in total. The Kier molecular flexibility index (Phi) is 4.29. The lowest BCUT2D eigenvalue weighted by Crippen LogP contribution is -2.37. The summed E-state index contributed by atoms with van der Waals surface area (Å²) in [5.74, 6) is -0.0424. The summed E-state index contributed by atoms with van der Waals surface area (Å²) in [5, 5.41) is 12.0. The molecule has 22 heavy (non-hydrogen) atoms. The number of aryl methyl sites for hydroxylation is 1. The molecule has 1 aliphatic carbocycles. The molecule has 1 aromatic carbocycles. The smallest absolute Gasteiger partial charge is 0.408 e. The molecule has 0 saturated heterocycles. The molecule has 6 heteroatoms. The van der Waals surface area contributed by atoms with E-state index in [9.17, 15) is 9.59 Å². The predicted octanol–water partition coefficient (Wildman–Crippen LogP) is 1.26. The van der Waals surface area contributed by atoms with Gasteiger partial charge in [0.15, 0.2) is 5.58 Å². The number of nitrogens with one attached hydrogen (secondary N) is 1. The van der Waals surface area contributed by atoms with E-state index in [0.717, 1.165) is 12.8 Å². The molecular weight excluding hydrogens is 284 g/mol. The highest BCUT2D eigenvalue weighted by Crippen LogP contribution is 2.33. The summed E-state index contributed by atoms with van der Waals surface area (Å²) in [5.41, 5.74) is 1.23. The quantitative estimate of drug-likeness (QED) is 0.806. The maximum absolute atomic E-state index is 12.1. The summed E-state index contributed by atoms with van der Waals surface area (Å²) in [6.45, 7) is 0.367. The summed E-state index contributed by atoms with van der Waals surface area (Å²) in [6, 6.07) is 7.22. The predicted molar refractivity (Wildman–Crippen MR) is 81.4 cm³/mol. The fourth-order valence-corrected chi connectivity index (χ4v) is 2.78. The number of para-hydroxylation sites is 2. The van der Waals surface area contributed by atoms with Gasteiger partial charge in [-0.2, -0.15) is 0 Å². The van der Waals surface area contributed by atoms with Crippen LogP contribution in [0.25, 0.3) is 11.1 Å². The van der Waals surface area contributed by atoms with E-state index in [-0.39, 0.29) is 31.5 Å². The number of nitrogens with zero attached hydrogens (tertiary/aromatic N) is 1. The number of oxazole rings is 1. The first kappa shape index (κ1) is 14.8. The van der Waals surface area contributed by atoms with Gasteiger partial charge in [0.25, 0.3) is 0 Å². The molecule has 1 heterocycles. The average molecular weight is 304 g/mol. The third-order valence-corrected chi connectivity index (χ3v) is 4.11. The largest absolute Gasteiger partial charge is 0.419 e. The lowest BCUT2D eigenvalue weighted by atomic mass is 10.1. The minimum absolute atomic E-state index is 0.0512. The molecule has 2 aromatic rings. The van der Waals surface area contributed by atoms with Crippen molar-refractivity contribution in [3.8, 4) is 0 Å². The number of hydrogen-bond acceptors (Lipinski definition) is 4. The maximum atomic E-state index is 12.1. The number of carbonyl (C=O) groups is 1. The molecule has 3 rings (SSSR count). The first-order valence-corrected chi connectivity index (χ1v) is 7.67. The number of aromatic nitrogens is 1. The number of aliphatic hydroxyl groups is 1. The number of aliphatic hydroxyl groups excluding tert-OH is 1. The van der Waals surface area contributed by atoms with Crippen LogP contribution in [0.4, 0.5) is 0 Å². The lowest BCUT2D eigenvalue weighted by Gasteiger charge is -2.17. The van der Waals surface area contributed by atoms with Gasteiger partial charge in [0, 0.05) is 25.6 Å².